The van der Waals surface area contributed by atoms with Crippen molar-refractivity contribution in [3.05, 3.63) is 59.7 Å². The highest BCUT2D eigenvalue weighted by Gasteiger charge is 2.54. The number of aliphatic hydroxyl groups excluding tert-OH is 1. The number of carboxylic acids is 1. The number of aliphatic hydroxyl groups is 1. The zero-order valence-electron chi connectivity index (χ0n) is 12.6. The van der Waals surface area contributed by atoms with Gasteiger partial charge in [0.15, 0.2) is 5.78 Å². The van der Waals surface area contributed by atoms with Gasteiger partial charge in [-0.1, -0.05) is 48.5 Å². The summed E-state index contributed by atoms with van der Waals surface area (Å²) in [6, 6.07) is 14.1. The topological polar surface area (TPSA) is 104 Å². The van der Waals surface area contributed by atoms with Crippen LogP contribution in [0, 0.1) is 0 Å². The van der Waals surface area contributed by atoms with Gasteiger partial charge < -0.3 is 15.5 Å². The van der Waals surface area contributed by atoms with Crippen LogP contribution in [0.15, 0.2) is 48.5 Å². The third kappa shape index (κ3) is 2.28. The Balaban J connectivity index is 2.20. The van der Waals surface area contributed by atoms with Crippen LogP contribution in [0.3, 0.4) is 0 Å². The molecule has 0 heterocycles. The fourth-order valence-corrected chi connectivity index (χ4v) is 3.25. The summed E-state index contributed by atoms with van der Waals surface area (Å²) in [5.74, 6) is -1.89. The Morgan fingerprint density at radius 1 is 1.12 bits per heavy atom. The van der Waals surface area contributed by atoms with E-state index < -0.39 is 29.8 Å². The first-order valence-corrected chi connectivity index (χ1v) is 7.35. The highest BCUT2D eigenvalue weighted by Crippen LogP contribution is 2.45. The molecule has 1 aliphatic carbocycles. The molecule has 1 aliphatic rings. The van der Waals surface area contributed by atoms with Gasteiger partial charge >= 0.3 is 5.97 Å². The van der Waals surface area contributed by atoms with Crippen molar-refractivity contribution in [3.8, 4) is 11.1 Å². The van der Waals surface area contributed by atoms with E-state index in [9.17, 15) is 19.5 Å². The zero-order valence-corrected chi connectivity index (χ0v) is 12.6. The number of carbonyl (C=O) groups is 3. The third-order valence-electron chi connectivity index (χ3n) is 4.33. The van der Waals surface area contributed by atoms with Gasteiger partial charge in [-0.3, -0.25) is 14.4 Å². The number of carboxylic acid groups (broad SMARTS) is 1. The van der Waals surface area contributed by atoms with E-state index in [2.05, 4.69) is 5.32 Å². The van der Waals surface area contributed by atoms with E-state index in [4.69, 9.17) is 5.11 Å². The van der Waals surface area contributed by atoms with Crippen molar-refractivity contribution in [2.24, 2.45) is 0 Å². The van der Waals surface area contributed by atoms with Crippen LogP contribution in [0.4, 0.5) is 0 Å². The Hall–Kier alpha value is -2.99. The number of hydrogen-bond donors (Lipinski definition) is 3. The maximum atomic E-state index is 12.8. The van der Waals surface area contributed by atoms with E-state index in [-0.39, 0.29) is 12.0 Å². The van der Waals surface area contributed by atoms with Gasteiger partial charge in [0.25, 0.3) is 0 Å². The fourth-order valence-electron chi connectivity index (χ4n) is 3.25. The molecule has 1 amide bonds. The van der Waals surface area contributed by atoms with Gasteiger partial charge in [0.05, 0.1) is 6.42 Å². The number of aliphatic carboxylic acids is 1. The number of hydrogen-bond acceptors (Lipinski definition) is 4. The molecule has 3 rings (SSSR count). The van der Waals surface area contributed by atoms with E-state index in [0.29, 0.717) is 11.1 Å². The molecule has 0 radical (unpaired) electrons. The quantitative estimate of drug-likeness (QED) is 0.724. The van der Waals surface area contributed by atoms with Crippen LogP contribution in [0.5, 0.6) is 0 Å². The van der Waals surface area contributed by atoms with Gasteiger partial charge in [0.2, 0.25) is 6.41 Å². The minimum absolute atomic E-state index is 0.222. The number of Topliss-reactive ketones (excluding diaryl/α,β-unsaturated/α-hetero) is 1. The van der Waals surface area contributed by atoms with Crippen molar-refractivity contribution < 1.29 is 24.6 Å². The molecular weight excluding hydrogens is 310 g/mol. The molecule has 0 fully saturated rings. The molecule has 122 valence electrons. The van der Waals surface area contributed by atoms with Crippen molar-refractivity contribution in [1.29, 1.82) is 0 Å². The van der Waals surface area contributed by atoms with Crippen molar-refractivity contribution in [2.75, 3.05) is 0 Å². The number of benzene rings is 2. The Bertz CT molecular complexity index is 817. The summed E-state index contributed by atoms with van der Waals surface area (Å²) in [5.41, 5.74) is 0.0944. The molecule has 24 heavy (non-hydrogen) atoms. The number of nitrogens with one attached hydrogen (secondary N) is 1. The van der Waals surface area contributed by atoms with E-state index in [1.807, 2.05) is 30.3 Å². The summed E-state index contributed by atoms with van der Waals surface area (Å²) >= 11 is 0. The maximum absolute atomic E-state index is 12.8. The molecule has 2 aromatic carbocycles. The largest absolute Gasteiger partial charge is 0.481 e. The number of amides is 1. The second kappa shape index (κ2) is 5.90. The Labute approximate surface area is 137 Å². The smallest absolute Gasteiger partial charge is 0.306 e. The average molecular weight is 325 g/mol. The van der Waals surface area contributed by atoms with Gasteiger partial charge in [0, 0.05) is 11.1 Å². The van der Waals surface area contributed by atoms with Crippen LogP contribution in [0.2, 0.25) is 0 Å². The SMILES string of the molecule is O=CNC1(CC(=O)O)C(=O)c2cccc(-c3ccccc3)c2C1O. The van der Waals surface area contributed by atoms with Crippen LogP contribution in [-0.2, 0) is 9.59 Å². The van der Waals surface area contributed by atoms with E-state index in [1.54, 1.807) is 12.1 Å². The number of carbonyl (C=O) groups excluding carboxylic acids is 2. The van der Waals surface area contributed by atoms with Crippen molar-refractivity contribution in [3.63, 3.8) is 0 Å². The lowest BCUT2D eigenvalue weighted by Gasteiger charge is -2.29. The zero-order chi connectivity index (χ0) is 17.3. The molecule has 0 spiro atoms. The van der Waals surface area contributed by atoms with Crippen LogP contribution in [0.25, 0.3) is 11.1 Å². The van der Waals surface area contributed by atoms with Gasteiger partial charge in [-0.15, -0.1) is 0 Å². The Kier molecular flexibility index (Phi) is 3.91. The minimum atomic E-state index is -1.89. The fraction of sp³-hybridized carbons (Fsp3) is 0.167. The molecule has 0 saturated heterocycles. The van der Waals surface area contributed by atoms with Gasteiger partial charge in [0.1, 0.15) is 11.6 Å². The van der Waals surface area contributed by atoms with E-state index in [0.717, 1.165) is 5.56 Å². The lowest BCUT2D eigenvalue weighted by atomic mass is 9.87. The number of fused-ring (bicyclic) bond motifs is 1. The first-order valence-electron chi connectivity index (χ1n) is 7.35. The lowest BCUT2D eigenvalue weighted by Crippen LogP contribution is -2.53. The van der Waals surface area contributed by atoms with Crippen molar-refractivity contribution in [1.82, 2.24) is 5.32 Å². The van der Waals surface area contributed by atoms with Gasteiger partial charge in [-0.25, -0.2) is 0 Å². The molecule has 6 nitrogen and oxygen atoms in total. The monoisotopic (exact) mass is 325 g/mol. The van der Waals surface area contributed by atoms with E-state index >= 15 is 0 Å². The Morgan fingerprint density at radius 3 is 2.42 bits per heavy atom. The molecule has 0 aromatic heterocycles. The first kappa shape index (κ1) is 15.9. The molecule has 3 N–H and O–H groups in total. The van der Waals surface area contributed by atoms with Crippen LogP contribution >= 0.6 is 0 Å². The lowest BCUT2D eigenvalue weighted by molar-refractivity contribution is -0.139. The number of rotatable bonds is 5. The predicted octanol–water partition coefficient (Wildman–Crippen LogP) is 1.54. The molecule has 0 aliphatic heterocycles. The first-order chi connectivity index (χ1) is 11.5. The highest BCUT2D eigenvalue weighted by atomic mass is 16.4. The summed E-state index contributed by atoms with van der Waals surface area (Å²) in [4.78, 5) is 35.0. The molecule has 0 bridgehead atoms. The van der Waals surface area contributed by atoms with Crippen LogP contribution in [0.1, 0.15) is 28.4 Å². The molecule has 2 aromatic rings. The molecule has 6 heteroatoms. The molecule has 2 unspecified atom stereocenters. The summed E-state index contributed by atoms with van der Waals surface area (Å²) in [7, 11) is 0. The summed E-state index contributed by atoms with van der Waals surface area (Å²) in [5, 5.41) is 22.2. The number of ketones is 1. The molecule has 0 saturated carbocycles. The van der Waals surface area contributed by atoms with Crippen LogP contribution < -0.4 is 5.32 Å². The van der Waals surface area contributed by atoms with E-state index in [1.165, 1.54) is 6.07 Å². The molecular formula is C18H15NO5. The minimum Gasteiger partial charge on any atom is -0.481 e. The normalized spacial score (nSPS) is 22.0. The highest BCUT2D eigenvalue weighted by molar-refractivity contribution is 6.12. The van der Waals surface area contributed by atoms with Crippen molar-refractivity contribution >= 4 is 18.2 Å². The second-order valence-electron chi connectivity index (χ2n) is 5.67. The average Bonchev–Trinajstić information content (AvgIpc) is 2.78. The summed E-state index contributed by atoms with van der Waals surface area (Å²) in [6.07, 6.45) is -1.90. The van der Waals surface area contributed by atoms with Crippen LogP contribution in [-0.4, -0.2) is 33.9 Å². The molecule has 2 atom stereocenters. The second-order valence-corrected chi connectivity index (χ2v) is 5.67. The van der Waals surface area contributed by atoms with Crippen molar-refractivity contribution in [2.45, 2.75) is 18.1 Å². The standard InChI is InChI=1S/C18H15NO5/c20-10-19-18(9-14(21)22)16(23)13-8-4-7-12(15(13)17(18)24)11-5-2-1-3-6-11/h1-8,10,17,24H,9H2,(H,19,20)(H,21,22). The third-order valence-corrected chi connectivity index (χ3v) is 4.33. The summed E-state index contributed by atoms with van der Waals surface area (Å²) in [6.45, 7) is 0. The maximum Gasteiger partial charge on any atom is 0.306 e. The summed E-state index contributed by atoms with van der Waals surface area (Å²) < 4.78 is 0. The van der Waals surface area contributed by atoms with Gasteiger partial charge in [-0.05, 0) is 11.1 Å². The van der Waals surface area contributed by atoms with Gasteiger partial charge in [-0.2, -0.15) is 0 Å². The Morgan fingerprint density at radius 2 is 1.79 bits per heavy atom. The predicted molar refractivity (Wildman–Crippen MR) is 85.4 cm³/mol.